The summed E-state index contributed by atoms with van der Waals surface area (Å²) < 4.78 is 43.6. The molecule has 0 spiro atoms. The van der Waals surface area contributed by atoms with Crippen molar-refractivity contribution in [3.05, 3.63) is 53.7 Å². The van der Waals surface area contributed by atoms with Crippen molar-refractivity contribution in [3.63, 3.8) is 0 Å². The number of benzene rings is 1. The quantitative estimate of drug-likeness (QED) is 0.714. The van der Waals surface area contributed by atoms with E-state index in [1.54, 1.807) is 12.1 Å². The van der Waals surface area contributed by atoms with Crippen molar-refractivity contribution in [1.29, 1.82) is 0 Å². The Kier molecular flexibility index (Phi) is 3.40. The molecule has 0 unspecified atom stereocenters. The fourth-order valence-electron chi connectivity index (χ4n) is 1.93. The minimum Gasteiger partial charge on any atom is -0.415 e. The lowest BCUT2D eigenvalue weighted by Crippen LogP contribution is -2.04. The molecule has 0 aliphatic carbocycles. The van der Waals surface area contributed by atoms with Crippen LogP contribution in [0, 0.1) is 6.92 Å². The Bertz CT molecular complexity index is 812. The summed E-state index contributed by atoms with van der Waals surface area (Å²) in [4.78, 5) is 4.23. The van der Waals surface area contributed by atoms with Crippen LogP contribution in [-0.2, 0) is 6.18 Å². The van der Waals surface area contributed by atoms with Gasteiger partial charge in [0.15, 0.2) is 0 Å². The first-order chi connectivity index (χ1) is 10.4. The predicted octanol–water partition coefficient (Wildman–Crippen LogP) is 4.13. The topological polar surface area (TPSA) is 51.8 Å². The number of nitrogens with zero attached hydrogens (tertiary/aromatic N) is 3. The Morgan fingerprint density at radius 2 is 1.68 bits per heavy atom. The minimum atomic E-state index is -4.42. The summed E-state index contributed by atoms with van der Waals surface area (Å²) in [5.41, 5.74) is 0.696. The maximum Gasteiger partial charge on any atom is 0.416 e. The molecule has 0 bridgehead atoms. The van der Waals surface area contributed by atoms with Crippen LogP contribution < -0.4 is 0 Å². The second kappa shape index (κ2) is 5.25. The van der Waals surface area contributed by atoms with E-state index in [4.69, 9.17) is 4.42 Å². The van der Waals surface area contributed by atoms with Crippen LogP contribution in [0.5, 0.6) is 0 Å². The van der Waals surface area contributed by atoms with Crippen molar-refractivity contribution in [2.24, 2.45) is 0 Å². The summed E-state index contributed by atoms with van der Waals surface area (Å²) in [6.07, 6.45) is -4.42. The third-order valence-electron chi connectivity index (χ3n) is 2.97. The molecule has 0 atom stereocenters. The van der Waals surface area contributed by atoms with E-state index < -0.39 is 11.7 Å². The molecule has 0 N–H and O–H groups in total. The van der Waals surface area contributed by atoms with Crippen LogP contribution in [0.1, 0.15) is 11.3 Å². The average Bonchev–Trinajstić information content (AvgIpc) is 2.96. The fraction of sp³-hybridized carbons (Fsp3) is 0.133. The van der Waals surface area contributed by atoms with E-state index in [1.807, 2.05) is 13.0 Å². The van der Waals surface area contributed by atoms with Gasteiger partial charge >= 0.3 is 6.18 Å². The summed E-state index contributed by atoms with van der Waals surface area (Å²) >= 11 is 0. The van der Waals surface area contributed by atoms with Crippen molar-refractivity contribution >= 4 is 0 Å². The number of alkyl halides is 3. The molecule has 0 aliphatic heterocycles. The van der Waals surface area contributed by atoms with Crippen molar-refractivity contribution in [2.45, 2.75) is 13.1 Å². The van der Waals surface area contributed by atoms with E-state index in [2.05, 4.69) is 15.2 Å². The lowest BCUT2D eigenvalue weighted by Gasteiger charge is -2.06. The molecule has 3 aromatic rings. The molecule has 0 saturated carbocycles. The maximum atomic E-state index is 12.7. The molecule has 4 nitrogen and oxygen atoms in total. The highest BCUT2D eigenvalue weighted by Gasteiger charge is 2.30. The minimum absolute atomic E-state index is 0.0180. The Balaban J connectivity index is 1.98. The Labute approximate surface area is 123 Å². The lowest BCUT2D eigenvalue weighted by molar-refractivity contribution is -0.137. The number of rotatable bonds is 2. The standard InChI is InChI=1S/C15H10F3N3O/c1-9-4-2-7-12(19-9)14-21-20-13(22-14)10-5-3-6-11(8-10)15(16,17)18/h2-8H,1H3. The molecule has 7 heteroatoms. The molecule has 22 heavy (non-hydrogen) atoms. The zero-order valence-electron chi connectivity index (χ0n) is 11.4. The number of aryl methyl sites for hydroxylation is 1. The average molecular weight is 305 g/mol. The smallest absolute Gasteiger partial charge is 0.415 e. The summed E-state index contributed by atoms with van der Waals surface area (Å²) in [6.45, 7) is 1.81. The van der Waals surface area contributed by atoms with Crippen LogP contribution in [-0.4, -0.2) is 15.2 Å². The molecule has 0 amide bonds. The largest absolute Gasteiger partial charge is 0.416 e. The van der Waals surface area contributed by atoms with Gasteiger partial charge in [-0.05, 0) is 37.3 Å². The molecule has 2 heterocycles. The third-order valence-corrected chi connectivity index (χ3v) is 2.97. The first-order valence-electron chi connectivity index (χ1n) is 6.39. The van der Waals surface area contributed by atoms with Gasteiger partial charge in [0.1, 0.15) is 5.69 Å². The van der Waals surface area contributed by atoms with Crippen molar-refractivity contribution in [2.75, 3.05) is 0 Å². The summed E-state index contributed by atoms with van der Waals surface area (Å²) in [5, 5.41) is 7.63. The van der Waals surface area contributed by atoms with Gasteiger partial charge in [-0.3, -0.25) is 0 Å². The van der Waals surface area contributed by atoms with Crippen LogP contribution in [0.25, 0.3) is 23.0 Å². The van der Waals surface area contributed by atoms with Gasteiger partial charge in [0.05, 0.1) is 5.56 Å². The zero-order valence-corrected chi connectivity index (χ0v) is 11.4. The van der Waals surface area contributed by atoms with Crippen molar-refractivity contribution in [3.8, 4) is 23.0 Å². The first-order valence-corrected chi connectivity index (χ1v) is 6.39. The summed E-state index contributed by atoms with van der Waals surface area (Å²) in [7, 11) is 0. The van der Waals surface area contributed by atoms with E-state index in [0.717, 1.165) is 17.8 Å². The summed E-state index contributed by atoms with van der Waals surface area (Å²) in [6, 6.07) is 10.0. The lowest BCUT2D eigenvalue weighted by atomic mass is 10.1. The number of halogens is 3. The van der Waals surface area contributed by atoms with Gasteiger partial charge in [0.2, 0.25) is 5.89 Å². The van der Waals surface area contributed by atoms with E-state index in [0.29, 0.717) is 5.69 Å². The Hall–Kier alpha value is -2.70. The molecule has 0 fully saturated rings. The van der Waals surface area contributed by atoms with Crippen LogP contribution in [0.3, 0.4) is 0 Å². The van der Waals surface area contributed by atoms with Crippen molar-refractivity contribution < 1.29 is 17.6 Å². The van der Waals surface area contributed by atoms with Crippen LogP contribution in [0.15, 0.2) is 46.9 Å². The SMILES string of the molecule is Cc1cccc(-c2nnc(-c3cccc(C(F)(F)F)c3)o2)n1. The number of hydrogen-bond acceptors (Lipinski definition) is 4. The molecule has 2 aromatic heterocycles. The molecule has 112 valence electrons. The van der Waals surface area contributed by atoms with E-state index in [9.17, 15) is 13.2 Å². The van der Waals surface area contributed by atoms with E-state index in [-0.39, 0.29) is 17.3 Å². The van der Waals surface area contributed by atoms with Gasteiger partial charge in [-0.2, -0.15) is 13.2 Å². The van der Waals surface area contributed by atoms with Gasteiger partial charge in [-0.1, -0.05) is 12.1 Å². The molecule has 0 saturated heterocycles. The number of hydrogen-bond donors (Lipinski definition) is 0. The van der Waals surface area contributed by atoms with Crippen LogP contribution in [0.4, 0.5) is 13.2 Å². The number of pyridine rings is 1. The van der Waals surface area contributed by atoms with Gasteiger partial charge < -0.3 is 4.42 Å². The zero-order chi connectivity index (χ0) is 15.7. The van der Waals surface area contributed by atoms with Crippen LogP contribution >= 0.6 is 0 Å². The Morgan fingerprint density at radius 3 is 2.41 bits per heavy atom. The molecular formula is C15H10F3N3O. The molecule has 3 rings (SSSR count). The van der Waals surface area contributed by atoms with Gasteiger partial charge in [-0.15, -0.1) is 10.2 Å². The van der Waals surface area contributed by atoms with E-state index >= 15 is 0 Å². The normalized spacial score (nSPS) is 11.6. The second-order valence-corrected chi connectivity index (χ2v) is 4.66. The van der Waals surface area contributed by atoms with Gasteiger partial charge in [0, 0.05) is 11.3 Å². The highest BCUT2D eigenvalue weighted by atomic mass is 19.4. The molecule has 1 aromatic carbocycles. The maximum absolute atomic E-state index is 12.7. The number of aromatic nitrogens is 3. The van der Waals surface area contributed by atoms with Crippen molar-refractivity contribution in [1.82, 2.24) is 15.2 Å². The predicted molar refractivity (Wildman–Crippen MR) is 72.7 cm³/mol. The molecular weight excluding hydrogens is 295 g/mol. The monoisotopic (exact) mass is 305 g/mol. The highest BCUT2D eigenvalue weighted by molar-refractivity contribution is 5.57. The second-order valence-electron chi connectivity index (χ2n) is 4.66. The molecule has 0 radical (unpaired) electrons. The van der Waals surface area contributed by atoms with Gasteiger partial charge in [-0.25, -0.2) is 4.98 Å². The van der Waals surface area contributed by atoms with E-state index in [1.165, 1.54) is 12.1 Å². The van der Waals surface area contributed by atoms with Crippen LogP contribution in [0.2, 0.25) is 0 Å². The van der Waals surface area contributed by atoms with Gasteiger partial charge in [0.25, 0.3) is 5.89 Å². The fourth-order valence-corrected chi connectivity index (χ4v) is 1.93. The molecule has 0 aliphatic rings. The summed E-state index contributed by atoms with van der Waals surface area (Å²) in [5.74, 6) is 0.181. The highest BCUT2D eigenvalue weighted by Crippen LogP contribution is 2.32. The third kappa shape index (κ3) is 2.83. The first kappa shape index (κ1) is 14.2. The Morgan fingerprint density at radius 1 is 0.955 bits per heavy atom.